The third kappa shape index (κ3) is 3.60. The van der Waals surface area contributed by atoms with Gasteiger partial charge in [-0.3, -0.25) is 14.2 Å². The topological polar surface area (TPSA) is 93.3 Å². The average Bonchev–Trinajstić information content (AvgIpc) is 2.91. The Hall–Kier alpha value is -3.35. The monoisotopic (exact) mass is 339 g/mol. The maximum atomic E-state index is 12.3. The van der Waals surface area contributed by atoms with Gasteiger partial charge in [-0.25, -0.2) is 4.79 Å². The molecule has 1 aromatic heterocycles. The Balaban J connectivity index is 1.76. The molecule has 1 heterocycles. The number of carbonyl (C=O) groups excluding carboxylic acids is 2. The highest BCUT2D eigenvalue weighted by Crippen LogP contribution is 2.13. The highest BCUT2D eigenvalue weighted by Gasteiger charge is 2.13. The highest BCUT2D eigenvalue weighted by molar-refractivity contribution is 5.97. The maximum Gasteiger partial charge on any atom is 0.420 e. The Morgan fingerprint density at radius 2 is 1.92 bits per heavy atom. The van der Waals surface area contributed by atoms with E-state index in [9.17, 15) is 14.4 Å². The quantitative estimate of drug-likeness (QED) is 0.743. The number of nitrogens with one attached hydrogen (secondary N) is 2. The fraction of sp³-hybridized carbons (Fsp3) is 0.167. The van der Waals surface area contributed by atoms with Crippen molar-refractivity contribution in [2.75, 3.05) is 11.9 Å². The molecule has 128 valence electrons. The summed E-state index contributed by atoms with van der Waals surface area (Å²) in [5, 5.41) is 5.39. The van der Waals surface area contributed by atoms with Gasteiger partial charge in [0.05, 0.1) is 5.52 Å². The van der Waals surface area contributed by atoms with Crippen LogP contribution in [-0.4, -0.2) is 22.9 Å². The largest absolute Gasteiger partial charge is 0.420 e. The molecular formula is C18H17N3O4. The Morgan fingerprint density at radius 3 is 2.72 bits per heavy atom. The number of nitrogens with zero attached hydrogens (tertiary/aromatic N) is 1. The summed E-state index contributed by atoms with van der Waals surface area (Å²) in [6, 6.07) is 13.5. The number of hydrogen-bond donors (Lipinski definition) is 2. The predicted octanol–water partition coefficient (Wildman–Crippen LogP) is 1.98. The maximum absolute atomic E-state index is 12.3. The Bertz CT molecular complexity index is 987. The zero-order chi connectivity index (χ0) is 17.8. The summed E-state index contributed by atoms with van der Waals surface area (Å²) in [7, 11) is 0. The van der Waals surface area contributed by atoms with Crippen LogP contribution in [0.2, 0.25) is 0 Å². The predicted molar refractivity (Wildman–Crippen MR) is 93.6 cm³/mol. The SMILES string of the molecule is CCNC(=O)c1cccc(NC(=O)Cn2c(=O)oc3ccccc32)c1. The minimum Gasteiger partial charge on any atom is -0.408 e. The molecule has 2 amide bonds. The molecule has 3 aromatic rings. The Morgan fingerprint density at radius 1 is 1.12 bits per heavy atom. The van der Waals surface area contributed by atoms with E-state index in [4.69, 9.17) is 4.42 Å². The minimum absolute atomic E-state index is 0.179. The molecule has 0 saturated carbocycles. The van der Waals surface area contributed by atoms with Gasteiger partial charge in [0.25, 0.3) is 5.91 Å². The number of benzene rings is 2. The second-order valence-electron chi connectivity index (χ2n) is 5.41. The number of fused-ring (bicyclic) bond motifs is 1. The van der Waals surface area contributed by atoms with E-state index >= 15 is 0 Å². The molecule has 0 unspecified atom stereocenters. The van der Waals surface area contributed by atoms with Gasteiger partial charge in [0.2, 0.25) is 5.91 Å². The molecule has 0 atom stereocenters. The van der Waals surface area contributed by atoms with Gasteiger partial charge < -0.3 is 15.1 Å². The van der Waals surface area contributed by atoms with Gasteiger partial charge in [-0.2, -0.15) is 0 Å². The van der Waals surface area contributed by atoms with E-state index in [-0.39, 0.29) is 18.4 Å². The van der Waals surface area contributed by atoms with Crippen molar-refractivity contribution >= 4 is 28.6 Å². The lowest BCUT2D eigenvalue weighted by atomic mass is 10.2. The van der Waals surface area contributed by atoms with Crippen LogP contribution in [-0.2, 0) is 11.3 Å². The third-order valence-electron chi connectivity index (χ3n) is 3.62. The van der Waals surface area contributed by atoms with E-state index in [2.05, 4.69) is 10.6 Å². The first-order chi connectivity index (χ1) is 12.1. The van der Waals surface area contributed by atoms with Crippen molar-refractivity contribution in [3.63, 3.8) is 0 Å². The van der Waals surface area contributed by atoms with Crippen LogP contribution in [0.25, 0.3) is 11.1 Å². The van der Waals surface area contributed by atoms with Crippen molar-refractivity contribution in [2.45, 2.75) is 13.5 Å². The minimum atomic E-state index is -0.590. The van der Waals surface area contributed by atoms with Crippen molar-refractivity contribution in [3.05, 3.63) is 64.6 Å². The normalized spacial score (nSPS) is 10.6. The molecule has 25 heavy (non-hydrogen) atoms. The van der Waals surface area contributed by atoms with Gasteiger partial charge >= 0.3 is 5.76 Å². The van der Waals surface area contributed by atoms with E-state index in [0.29, 0.717) is 28.9 Å². The van der Waals surface area contributed by atoms with Crippen LogP contribution in [0.5, 0.6) is 0 Å². The second-order valence-corrected chi connectivity index (χ2v) is 5.41. The number of oxazole rings is 1. The molecule has 0 spiro atoms. The van der Waals surface area contributed by atoms with Crippen LogP contribution in [0.1, 0.15) is 17.3 Å². The number of rotatable bonds is 5. The average molecular weight is 339 g/mol. The van der Waals surface area contributed by atoms with Crippen molar-refractivity contribution in [3.8, 4) is 0 Å². The van der Waals surface area contributed by atoms with Gasteiger partial charge in [-0.05, 0) is 37.3 Å². The molecule has 0 aliphatic carbocycles. The molecule has 0 fully saturated rings. The molecule has 0 saturated heterocycles. The van der Waals surface area contributed by atoms with Crippen LogP contribution in [0.4, 0.5) is 5.69 Å². The number of para-hydroxylation sites is 2. The fourth-order valence-electron chi connectivity index (χ4n) is 2.51. The van der Waals surface area contributed by atoms with E-state index in [1.807, 2.05) is 6.92 Å². The van der Waals surface area contributed by atoms with Crippen LogP contribution >= 0.6 is 0 Å². The molecule has 0 aliphatic rings. The molecule has 7 heteroatoms. The smallest absolute Gasteiger partial charge is 0.408 e. The number of anilines is 1. The molecular weight excluding hydrogens is 322 g/mol. The highest BCUT2D eigenvalue weighted by atomic mass is 16.4. The van der Waals surface area contributed by atoms with Crippen LogP contribution in [0.3, 0.4) is 0 Å². The molecule has 2 N–H and O–H groups in total. The zero-order valence-corrected chi connectivity index (χ0v) is 13.6. The molecule has 7 nitrogen and oxygen atoms in total. The van der Waals surface area contributed by atoms with Crippen LogP contribution in [0.15, 0.2) is 57.7 Å². The Labute approximate surface area is 143 Å². The first-order valence-electron chi connectivity index (χ1n) is 7.85. The number of carbonyl (C=O) groups is 2. The van der Waals surface area contributed by atoms with E-state index in [0.717, 1.165) is 0 Å². The number of hydrogen-bond acceptors (Lipinski definition) is 4. The van der Waals surface area contributed by atoms with E-state index in [1.165, 1.54) is 4.57 Å². The van der Waals surface area contributed by atoms with Gasteiger partial charge in [-0.1, -0.05) is 18.2 Å². The lowest BCUT2D eigenvalue weighted by Gasteiger charge is -2.08. The molecule has 0 radical (unpaired) electrons. The lowest BCUT2D eigenvalue weighted by Crippen LogP contribution is -2.25. The second kappa shape index (κ2) is 7.04. The lowest BCUT2D eigenvalue weighted by molar-refractivity contribution is -0.116. The molecule has 3 rings (SSSR count). The van der Waals surface area contributed by atoms with Crippen molar-refractivity contribution < 1.29 is 14.0 Å². The first-order valence-corrected chi connectivity index (χ1v) is 7.85. The van der Waals surface area contributed by atoms with E-state index < -0.39 is 5.76 Å². The first kappa shape index (κ1) is 16.5. The summed E-state index contributed by atoms with van der Waals surface area (Å²) in [4.78, 5) is 36.0. The van der Waals surface area contributed by atoms with Crippen LogP contribution < -0.4 is 16.4 Å². The van der Waals surface area contributed by atoms with Gasteiger partial charge in [0.1, 0.15) is 6.54 Å². The summed E-state index contributed by atoms with van der Waals surface area (Å²) >= 11 is 0. The number of amides is 2. The summed E-state index contributed by atoms with van der Waals surface area (Å²) in [6.07, 6.45) is 0. The van der Waals surface area contributed by atoms with Crippen LogP contribution in [0, 0.1) is 0 Å². The molecule has 0 bridgehead atoms. The van der Waals surface area contributed by atoms with Crippen molar-refractivity contribution in [1.82, 2.24) is 9.88 Å². The molecule has 0 aliphatic heterocycles. The van der Waals surface area contributed by atoms with Gasteiger partial charge in [0.15, 0.2) is 5.58 Å². The summed E-state index contributed by atoms with van der Waals surface area (Å²) in [6.45, 7) is 2.17. The third-order valence-corrected chi connectivity index (χ3v) is 3.62. The molecule has 2 aromatic carbocycles. The summed E-state index contributed by atoms with van der Waals surface area (Å²) in [5.74, 6) is -1.19. The van der Waals surface area contributed by atoms with Crippen molar-refractivity contribution in [1.29, 1.82) is 0 Å². The van der Waals surface area contributed by atoms with E-state index in [1.54, 1.807) is 48.5 Å². The van der Waals surface area contributed by atoms with Gasteiger partial charge in [-0.15, -0.1) is 0 Å². The zero-order valence-electron chi connectivity index (χ0n) is 13.6. The fourth-order valence-corrected chi connectivity index (χ4v) is 2.51. The van der Waals surface area contributed by atoms with Crippen molar-refractivity contribution in [2.24, 2.45) is 0 Å². The van der Waals surface area contributed by atoms with Gasteiger partial charge in [0, 0.05) is 17.8 Å². The summed E-state index contributed by atoms with van der Waals surface area (Å²) in [5.41, 5.74) is 1.91. The Kier molecular flexibility index (Phi) is 4.65. The standard InChI is InChI=1S/C18H17N3O4/c1-2-19-17(23)12-6-5-7-13(10-12)20-16(22)11-21-14-8-3-4-9-15(14)25-18(21)24/h3-10H,2,11H2,1H3,(H,19,23)(H,20,22). The number of aromatic nitrogens is 1. The summed E-state index contributed by atoms with van der Waals surface area (Å²) < 4.78 is 6.36.